The van der Waals surface area contributed by atoms with Gasteiger partial charge in [0.05, 0.1) is 21.8 Å². The van der Waals surface area contributed by atoms with E-state index in [-0.39, 0.29) is 16.1 Å². The summed E-state index contributed by atoms with van der Waals surface area (Å²) in [5.74, 6) is -0.685. The van der Waals surface area contributed by atoms with Gasteiger partial charge in [-0.2, -0.15) is 18.3 Å². The van der Waals surface area contributed by atoms with E-state index in [0.29, 0.717) is 5.82 Å². The molecule has 0 aliphatic heterocycles. The molecule has 0 radical (unpaired) electrons. The number of rotatable bonds is 5. The van der Waals surface area contributed by atoms with E-state index >= 15 is 0 Å². The van der Waals surface area contributed by atoms with Gasteiger partial charge < -0.3 is 10.6 Å². The first kappa shape index (κ1) is 21.7. The molecule has 0 aliphatic carbocycles. The Bertz CT molecular complexity index is 1140. The van der Waals surface area contributed by atoms with Crippen molar-refractivity contribution in [2.45, 2.75) is 26.1 Å². The Morgan fingerprint density at radius 2 is 1.97 bits per heavy atom. The molecule has 3 aromatic rings. The van der Waals surface area contributed by atoms with Gasteiger partial charge in [0.1, 0.15) is 6.04 Å². The van der Waals surface area contributed by atoms with Crippen molar-refractivity contribution < 1.29 is 22.8 Å². The smallest absolute Gasteiger partial charge is 0.325 e. The molecule has 0 spiro atoms. The van der Waals surface area contributed by atoms with Crippen molar-refractivity contribution in [1.82, 2.24) is 14.8 Å². The lowest BCUT2D eigenvalue weighted by Gasteiger charge is -2.18. The number of alkyl halides is 3. The first-order valence-corrected chi connectivity index (χ1v) is 9.87. The molecule has 0 aliphatic rings. The van der Waals surface area contributed by atoms with Crippen molar-refractivity contribution >= 4 is 46.7 Å². The zero-order valence-electron chi connectivity index (χ0n) is 15.7. The normalized spacial score (nSPS) is 12.4. The maximum atomic E-state index is 13.1. The largest absolute Gasteiger partial charge is 0.416 e. The molecule has 1 atom stereocenters. The number of carbonyl (C=O) groups is 2. The summed E-state index contributed by atoms with van der Waals surface area (Å²) in [6.07, 6.45) is -4.61. The number of H-pyrrole nitrogens is 1. The highest BCUT2D eigenvalue weighted by Gasteiger charge is 2.31. The van der Waals surface area contributed by atoms with Crippen molar-refractivity contribution in [3.8, 4) is 10.7 Å². The van der Waals surface area contributed by atoms with Gasteiger partial charge in [-0.3, -0.25) is 19.3 Å². The van der Waals surface area contributed by atoms with Crippen LogP contribution < -0.4 is 10.6 Å². The van der Waals surface area contributed by atoms with Crippen LogP contribution in [0.3, 0.4) is 0 Å². The Labute approximate surface area is 177 Å². The van der Waals surface area contributed by atoms with Crippen molar-refractivity contribution in [2.75, 3.05) is 10.6 Å². The SMILES string of the molecule is CC(=O)Nc1ccc(C(F)(F)F)cc1NC(=O)C(C)n1c(-c2cccs2)n[nH]c1=S. The second-order valence-electron chi connectivity index (χ2n) is 6.30. The van der Waals surface area contributed by atoms with E-state index < -0.39 is 29.6 Å². The van der Waals surface area contributed by atoms with Gasteiger partial charge in [-0.1, -0.05) is 6.07 Å². The van der Waals surface area contributed by atoms with Crippen LogP contribution in [-0.4, -0.2) is 26.6 Å². The number of halogens is 3. The minimum absolute atomic E-state index is 0.0466. The van der Waals surface area contributed by atoms with Crippen molar-refractivity contribution in [3.05, 3.63) is 46.0 Å². The topological polar surface area (TPSA) is 91.8 Å². The first-order chi connectivity index (χ1) is 14.1. The molecule has 30 heavy (non-hydrogen) atoms. The summed E-state index contributed by atoms with van der Waals surface area (Å²) in [6.45, 7) is 2.76. The number of benzene rings is 1. The number of nitrogens with zero attached hydrogens (tertiary/aromatic N) is 2. The highest BCUT2D eigenvalue weighted by Crippen LogP contribution is 2.34. The van der Waals surface area contributed by atoms with Gasteiger partial charge in [0.15, 0.2) is 10.6 Å². The van der Waals surface area contributed by atoms with Gasteiger partial charge in [-0.05, 0) is 48.8 Å². The molecule has 2 aromatic heterocycles. The molecule has 12 heteroatoms. The van der Waals surface area contributed by atoms with Gasteiger partial charge in [0.25, 0.3) is 0 Å². The molecule has 1 aromatic carbocycles. The molecule has 7 nitrogen and oxygen atoms in total. The Morgan fingerprint density at radius 3 is 2.57 bits per heavy atom. The third-order valence-corrected chi connectivity index (χ3v) is 5.28. The summed E-state index contributed by atoms with van der Waals surface area (Å²) in [6, 6.07) is 5.41. The van der Waals surface area contributed by atoms with Crippen LogP contribution in [0.25, 0.3) is 10.7 Å². The monoisotopic (exact) mass is 455 g/mol. The van der Waals surface area contributed by atoms with Crippen LogP contribution in [0.4, 0.5) is 24.5 Å². The van der Waals surface area contributed by atoms with Crippen LogP contribution in [0.1, 0.15) is 25.5 Å². The van der Waals surface area contributed by atoms with Crippen molar-refractivity contribution in [1.29, 1.82) is 0 Å². The van der Waals surface area contributed by atoms with Gasteiger partial charge >= 0.3 is 6.18 Å². The van der Waals surface area contributed by atoms with Crippen LogP contribution >= 0.6 is 23.6 Å². The van der Waals surface area contributed by atoms with Crippen molar-refractivity contribution in [2.24, 2.45) is 0 Å². The molecular formula is C18H16F3N5O2S2. The molecule has 0 bridgehead atoms. The molecule has 0 fully saturated rings. The Morgan fingerprint density at radius 1 is 1.23 bits per heavy atom. The predicted octanol–water partition coefficient (Wildman–Crippen LogP) is 4.85. The minimum atomic E-state index is -4.61. The third-order valence-electron chi connectivity index (χ3n) is 4.13. The highest BCUT2D eigenvalue weighted by atomic mass is 32.1. The van der Waals surface area contributed by atoms with E-state index in [1.54, 1.807) is 13.0 Å². The molecule has 1 unspecified atom stereocenters. The van der Waals surface area contributed by atoms with E-state index in [0.717, 1.165) is 23.1 Å². The lowest BCUT2D eigenvalue weighted by Crippen LogP contribution is -2.25. The number of thiophene rings is 1. The molecule has 2 amide bonds. The summed E-state index contributed by atoms with van der Waals surface area (Å²) < 4.78 is 41.0. The Hall–Kier alpha value is -2.99. The van der Waals surface area contributed by atoms with Crippen molar-refractivity contribution in [3.63, 3.8) is 0 Å². The maximum Gasteiger partial charge on any atom is 0.416 e. The number of hydrogen-bond donors (Lipinski definition) is 3. The summed E-state index contributed by atoms with van der Waals surface area (Å²) in [5.41, 5.74) is -1.09. The highest BCUT2D eigenvalue weighted by molar-refractivity contribution is 7.71. The van der Waals surface area contributed by atoms with Crippen LogP contribution in [-0.2, 0) is 15.8 Å². The molecule has 3 N–H and O–H groups in total. The molecule has 0 saturated heterocycles. The summed E-state index contributed by atoms with van der Waals surface area (Å²) in [5, 5.41) is 13.5. The Kier molecular flexibility index (Phi) is 6.08. The molecule has 2 heterocycles. The summed E-state index contributed by atoms with van der Waals surface area (Å²) in [4.78, 5) is 25.0. The average molecular weight is 455 g/mol. The van der Waals surface area contributed by atoms with E-state index in [1.807, 2.05) is 11.4 Å². The zero-order valence-corrected chi connectivity index (χ0v) is 17.3. The second kappa shape index (κ2) is 8.40. The van der Waals surface area contributed by atoms with E-state index in [4.69, 9.17) is 12.2 Å². The number of anilines is 2. The number of aromatic amines is 1. The molecular weight excluding hydrogens is 439 g/mol. The predicted molar refractivity (Wildman–Crippen MR) is 110 cm³/mol. The number of amides is 2. The number of aromatic nitrogens is 3. The van der Waals surface area contributed by atoms with Gasteiger partial charge in [0.2, 0.25) is 11.8 Å². The van der Waals surface area contributed by atoms with Gasteiger partial charge in [-0.25, -0.2) is 0 Å². The quantitative estimate of drug-likeness (QED) is 0.480. The van der Waals surface area contributed by atoms with Gasteiger partial charge in [0, 0.05) is 6.92 Å². The van der Waals surface area contributed by atoms with E-state index in [9.17, 15) is 22.8 Å². The van der Waals surface area contributed by atoms with E-state index in [1.165, 1.54) is 22.8 Å². The van der Waals surface area contributed by atoms with E-state index in [2.05, 4.69) is 20.8 Å². The third kappa shape index (κ3) is 4.60. The molecule has 0 saturated carbocycles. The minimum Gasteiger partial charge on any atom is -0.325 e. The molecule has 3 rings (SSSR count). The number of nitrogens with one attached hydrogen (secondary N) is 3. The lowest BCUT2D eigenvalue weighted by molar-refractivity contribution is -0.137. The van der Waals surface area contributed by atoms with Gasteiger partial charge in [-0.15, -0.1) is 11.3 Å². The first-order valence-electron chi connectivity index (χ1n) is 8.58. The van der Waals surface area contributed by atoms with Crippen LogP contribution in [0.2, 0.25) is 0 Å². The standard InChI is InChI=1S/C18H16F3N5O2S2/c1-9(26-15(24-25-17(26)29)14-4-3-7-30-14)16(28)23-13-8-11(18(19,20)21)5-6-12(13)22-10(2)27/h3-9H,1-2H3,(H,22,27)(H,23,28)(H,25,29). The fourth-order valence-corrected chi connectivity index (χ4v) is 3.72. The van der Waals surface area contributed by atoms with Crippen LogP contribution in [0.15, 0.2) is 35.7 Å². The van der Waals surface area contributed by atoms with Crippen LogP contribution in [0.5, 0.6) is 0 Å². The van der Waals surface area contributed by atoms with Crippen LogP contribution in [0, 0.1) is 4.77 Å². The fourth-order valence-electron chi connectivity index (χ4n) is 2.72. The maximum absolute atomic E-state index is 13.1. The number of carbonyl (C=O) groups excluding carboxylic acids is 2. The lowest BCUT2D eigenvalue weighted by atomic mass is 10.1. The second-order valence-corrected chi connectivity index (χ2v) is 7.64. The fraction of sp³-hybridized carbons (Fsp3) is 0.222. The number of hydrogen-bond acceptors (Lipinski definition) is 5. The Balaban J connectivity index is 1.95. The average Bonchev–Trinajstić information content (AvgIpc) is 3.30. The summed E-state index contributed by atoms with van der Waals surface area (Å²) in [7, 11) is 0. The summed E-state index contributed by atoms with van der Waals surface area (Å²) >= 11 is 6.62. The molecule has 158 valence electrons. The zero-order chi connectivity index (χ0) is 22.1.